The van der Waals surface area contributed by atoms with Crippen molar-refractivity contribution in [3.05, 3.63) is 57.8 Å². The predicted molar refractivity (Wildman–Crippen MR) is 97.4 cm³/mol. The number of allylic oxidation sites excluding steroid dienone is 1. The van der Waals surface area contributed by atoms with Crippen molar-refractivity contribution in [1.29, 1.82) is 5.26 Å². The van der Waals surface area contributed by atoms with E-state index in [9.17, 15) is 10.4 Å². The van der Waals surface area contributed by atoms with Crippen LogP contribution < -0.4 is 0 Å². The van der Waals surface area contributed by atoms with Crippen molar-refractivity contribution < 1.29 is 5.11 Å². The summed E-state index contributed by atoms with van der Waals surface area (Å²) in [5, 5.41) is 19.3. The van der Waals surface area contributed by atoms with Crippen LogP contribution in [-0.4, -0.2) is 15.1 Å². The molecule has 0 spiro atoms. The summed E-state index contributed by atoms with van der Waals surface area (Å²) in [5.74, 6) is 0.602. The Morgan fingerprint density at radius 3 is 2.83 bits per heavy atom. The van der Waals surface area contributed by atoms with Crippen LogP contribution in [0.4, 0.5) is 0 Å². The molecule has 1 aromatic heterocycles. The topological polar surface area (TPSA) is 72.7 Å². The van der Waals surface area contributed by atoms with E-state index in [-0.39, 0.29) is 18.2 Å². The number of benzene rings is 2. The zero-order valence-electron chi connectivity index (χ0n) is 12.2. The van der Waals surface area contributed by atoms with E-state index in [1.54, 1.807) is 24.3 Å². The van der Waals surface area contributed by atoms with E-state index in [1.807, 2.05) is 25.1 Å². The van der Waals surface area contributed by atoms with Crippen LogP contribution in [0.2, 0.25) is 0 Å². The standard InChI is InChI=1S/C17H12BrN3O.ClH/c1-10-2-4-14-15(6-10)21-17(20-14)12(9-19)7-11-8-13(18)3-5-16(11)22;/h2-8,22H,1H3,(H,20,21);1H/b12-7+;. The number of aromatic hydroxyl groups is 1. The van der Waals surface area contributed by atoms with Gasteiger partial charge in [0.05, 0.1) is 16.6 Å². The quantitative estimate of drug-likeness (QED) is 0.616. The van der Waals surface area contributed by atoms with Gasteiger partial charge in [-0.05, 0) is 48.9 Å². The summed E-state index contributed by atoms with van der Waals surface area (Å²) in [6.45, 7) is 2.00. The van der Waals surface area contributed by atoms with Gasteiger partial charge >= 0.3 is 0 Å². The van der Waals surface area contributed by atoms with Gasteiger partial charge in [-0.2, -0.15) is 5.26 Å². The van der Waals surface area contributed by atoms with Crippen molar-refractivity contribution in [3.63, 3.8) is 0 Å². The van der Waals surface area contributed by atoms with E-state index in [1.165, 1.54) is 0 Å². The van der Waals surface area contributed by atoms with Gasteiger partial charge < -0.3 is 10.1 Å². The Hall–Kier alpha value is -2.29. The fraction of sp³-hybridized carbons (Fsp3) is 0.0588. The minimum atomic E-state index is 0. The molecule has 4 nitrogen and oxygen atoms in total. The molecule has 116 valence electrons. The molecule has 0 atom stereocenters. The van der Waals surface area contributed by atoms with E-state index < -0.39 is 0 Å². The molecule has 6 heteroatoms. The van der Waals surface area contributed by atoms with Crippen molar-refractivity contribution in [2.75, 3.05) is 0 Å². The first-order valence-electron chi connectivity index (χ1n) is 6.64. The lowest BCUT2D eigenvalue weighted by atomic mass is 10.1. The number of nitriles is 1. The van der Waals surface area contributed by atoms with E-state index in [0.717, 1.165) is 21.1 Å². The monoisotopic (exact) mass is 389 g/mol. The highest BCUT2D eigenvalue weighted by Crippen LogP contribution is 2.26. The Kier molecular flexibility index (Phi) is 5.09. The average Bonchev–Trinajstić information content (AvgIpc) is 2.90. The number of hydrogen-bond donors (Lipinski definition) is 2. The first kappa shape index (κ1) is 17.1. The number of fused-ring (bicyclic) bond motifs is 1. The minimum absolute atomic E-state index is 0. The number of aryl methyl sites for hydroxylation is 1. The van der Waals surface area contributed by atoms with Gasteiger partial charge in [0.15, 0.2) is 0 Å². The van der Waals surface area contributed by atoms with Gasteiger partial charge in [0, 0.05) is 10.0 Å². The zero-order chi connectivity index (χ0) is 15.7. The number of aromatic nitrogens is 2. The first-order chi connectivity index (χ1) is 10.6. The van der Waals surface area contributed by atoms with Crippen LogP contribution in [0.3, 0.4) is 0 Å². The van der Waals surface area contributed by atoms with Crippen LogP contribution in [0.25, 0.3) is 22.7 Å². The summed E-state index contributed by atoms with van der Waals surface area (Å²) in [6, 6.07) is 13.1. The first-order valence-corrected chi connectivity index (χ1v) is 7.43. The highest BCUT2D eigenvalue weighted by atomic mass is 79.9. The third kappa shape index (κ3) is 3.55. The molecule has 0 amide bonds. The summed E-state index contributed by atoms with van der Waals surface area (Å²) in [7, 11) is 0. The molecule has 0 aliphatic heterocycles. The molecule has 0 unspecified atom stereocenters. The van der Waals surface area contributed by atoms with Crippen LogP contribution in [-0.2, 0) is 0 Å². The highest BCUT2D eigenvalue weighted by Gasteiger charge is 2.09. The van der Waals surface area contributed by atoms with Gasteiger partial charge in [-0.15, -0.1) is 12.4 Å². The smallest absolute Gasteiger partial charge is 0.149 e. The molecule has 0 aliphatic carbocycles. The minimum Gasteiger partial charge on any atom is -0.507 e. The lowest BCUT2D eigenvalue weighted by molar-refractivity contribution is 0.474. The largest absolute Gasteiger partial charge is 0.507 e. The molecule has 0 saturated carbocycles. The number of nitrogens with one attached hydrogen (secondary N) is 1. The Balaban J connectivity index is 0.00000192. The molecule has 1 heterocycles. The lowest BCUT2D eigenvalue weighted by Crippen LogP contribution is -1.85. The molecule has 2 N–H and O–H groups in total. The van der Waals surface area contributed by atoms with Gasteiger partial charge in [0.1, 0.15) is 17.6 Å². The number of aromatic amines is 1. The van der Waals surface area contributed by atoms with E-state index in [0.29, 0.717) is 17.0 Å². The molecule has 3 aromatic rings. The molecular formula is C17H13BrClN3O. The molecule has 0 aliphatic rings. The maximum Gasteiger partial charge on any atom is 0.149 e. The Bertz CT molecular complexity index is 941. The van der Waals surface area contributed by atoms with Gasteiger partial charge in [-0.25, -0.2) is 4.98 Å². The second-order valence-electron chi connectivity index (χ2n) is 4.98. The predicted octanol–water partition coefficient (Wildman–Crippen LogP) is 4.83. The number of hydrogen-bond acceptors (Lipinski definition) is 3. The van der Waals surface area contributed by atoms with Crippen molar-refractivity contribution in [2.24, 2.45) is 0 Å². The number of H-pyrrole nitrogens is 1. The Morgan fingerprint density at radius 1 is 1.30 bits per heavy atom. The van der Waals surface area contributed by atoms with Gasteiger partial charge in [0.25, 0.3) is 0 Å². The molecule has 2 aromatic carbocycles. The van der Waals surface area contributed by atoms with Crippen molar-refractivity contribution in [3.8, 4) is 11.8 Å². The van der Waals surface area contributed by atoms with Crippen molar-refractivity contribution in [1.82, 2.24) is 9.97 Å². The SMILES string of the molecule is Cc1ccc2nc(/C(C#N)=C/c3cc(Br)ccc3O)[nH]c2c1.Cl. The lowest BCUT2D eigenvalue weighted by Gasteiger charge is -2.00. The second-order valence-corrected chi connectivity index (χ2v) is 5.89. The molecule has 0 radical (unpaired) electrons. The number of halogens is 2. The maximum absolute atomic E-state index is 9.90. The molecule has 0 saturated heterocycles. The van der Waals surface area contributed by atoms with Gasteiger partial charge in [-0.3, -0.25) is 0 Å². The second kappa shape index (κ2) is 6.86. The molecule has 3 rings (SSSR count). The number of phenols is 1. The van der Waals surface area contributed by atoms with Crippen molar-refractivity contribution in [2.45, 2.75) is 6.92 Å². The third-order valence-electron chi connectivity index (χ3n) is 3.30. The average molecular weight is 391 g/mol. The number of imidazole rings is 1. The Morgan fingerprint density at radius 2 is 2.09 bits per heavy atom. The van der Waals surface area contributed by atoms with Crippen LogP contribution in [0.1, 0.15) is 17.0 Å². The Labute approximate surface area is 148 Å². The van der Waals surface area contributed by atoms with E-state index >= 15 is 0 Å². The summed E-state index contributed by atoms with van der Waals surface area (Å²) in [6.07, 6.45) is 1.62. The van der Waals surface area contributed by atoms with E-state index in [2.05, 4.69) is 32.0 Å². The highest BCUT2D eigenvalue weighted by molar-refractivity contribution is 9.10. The zero-order valence-corrected chi connectivity index (χ0v) is 14.6. The van der Waals surface area contributed by atoms with Crippen molar-refractivity contribution >= 4 is 51.0 Å². The molecule has 0 fully saturated rings. The number of phenolic OH excluding ortho intramolecular Hbond substituents is 1. The van der Waals surface area contributed by atoms with Gasteiger partial charge in [0.2, 0.25) is 0 Å². The summed E-state index contributed by atoms with van der Waals surface area (Å²) in [5.41, 5.74) is 3.73. The summed E-state index contributed by atoms with van der Waals surface area (Å²) < 4.78 is 0.828. The number of rotatable bonds is 2. The fourth-order valence-electron chi connectivity index (χ4n) is 2.20. The summed E-state index contributed by atoms with van der Waals surface area (Å²) >= 11 is 3.35. The maximum atomic E-state index is 9.90. The fourth-order valence-corrected chi connectivity index (χ4v) is 2.58. The van der Waals surface area contributed by atoms with Crippen LogP contribution in [0, 0.1) is 18.3 Å². The molecule has 0 bridgehead atoms. The third-order valence-corrected chi connectivity index (χ3v) is 3.80. The van der Waals surface area contributed by atoms with Crippen LogP contribution >= 0.6 is 28.3 Å². The molecular weight excluding hydrogens is 378 g/mol. The van der Waals surface area contributed by atoms with Gasteiger partial charge in [-0.1, -0.05) is 22.0 Å². The summed E-state index contributed by atoms with van der Waals surface area (Å²) in [4.78, 5) is 7.58. The van der Waals surface area contributed by atoms with Crippen LogP contribution in [0.15, 0.2) is 40.9 Å². The van der Waals surface area contributed by atoms with Crippen LogP contribution in [0.5, 0.6) is 5.75 Å². The number of nitrogens with zero attached hydrogens (tertiary/aromatic N) is 2. The van der Waals surface area contributed by atoms with E-state index in [4.69, 9.17) is 0 Å². The normalized spacial score (nSPS) is 11.1. The molecule has 23 heavy (non-hydrogen) atoms.